The molecule has 3 rings (SSSR count). The van der Waals surface area contributed by atoms with Gasteiger partial charge in [0.2, 0.25) is 0 Å². The lowest BCUT2D eigenvalue weighted by atomic mass is 10.1. The molecule has 8 nitrogen and oxygen atoms in total. The second-order valence-corrected chi connectivity index (χ2v) is 7.54. The van der Waals surface area contributed by atoms with Gasteiger partial charge in [-0.3, -0.25) is 9.69 Å². The summed E-state index contributed by atoms with van der Waals surface area (Å²) in [7, 11) is 0. The third-order valence-electron chi connectivity index (χ3n) is 5.21. The number of carboxylic acids is 1. The highest BCUT2D eigenvalue weighted by molar-refractivity contribution is 5.94. The maximum atomic E-state index is 13.3. The predicted molar refractivity (Wildman–Crippen MR) is 121 cm³/mol. The van der Waals surface area contributed by atoms with Crippen molar-refractivity contribution < 1.29 is 32.6 Å². The Morgan fingerprint density at radius 3 is 2.17 bits per heavy atom. The molecule has 0 aliphatic heterocycles. The molecule has 3 N–H and O–H groups in total. The van der Waals surface area contributed by atoms with Crippen LogP contribution < -0.4 is 10.5 Å². The number of aromatic carboxylic acids is 1. The van der Waals surface area contributed by atoms with Gasteiger partial charge in [0.15, 0.2) is 11.5 Å². The number of ether oxygens (including phenoxy) is 1. The van der Waals surface area contributed by atoms with Gasteiger partial charge in [-0.25, -0.2) is 14.8 Å². The zero-order valence-electron chi connectivity index (χ0n) is 19.0. The van der Waals surface area contributed by atoms with Crippen LogP contribution in [0, 0.1) is 0 Å². The van der Waals surface area contributed by atoms with Crippen molar-refractivity contribution in [2.75, 3.05) is 13.1 Å². The van der Waals surface area contributed by atoms with E-state index < -0.39 is 29.3 Å². The maximum Gasteiger partial charge on any atom is 0.416 e. The quantitative estimate of drug-likeness (QED) is 0.452. The molecule has 2 aromatic carbocycles. The molecule has 0 saturated carbocycles. The second kappa shape index (κ2) is 10.5. The molecule has 0 aliphatic rings. The van der Waals surface area contributed by atoms with Crippen molar-refractivity contribution >= 4 is 11.9 Å². The van der Waals surface area contributed by atoms with Crippen LogP contribution in [0.25, 0.3) is 11.4 Å². The molecule has 1 aromatic heterocycles. The Kier molecular flexibility index (Phi) is 7.70. The lowest BCUT2D eigenvalue weighted by molar-refractivity contribution is -0.137. The van der Waals surface area contributed by atoms with E-state index in [1.54, 1.807) is 0 Å². The summed E-state index contributed by atoms with van der Waals surface area (Å²) in [5.74, 6) is -1.67. The molecular formula is C24H23F3N4O4. The van der Waals surface area contributed by atoms with Gasteiger partial charge in [-0.05, 0) is 55.6 Å². The van der Waals surface area contributed by atoms with E-state index in [1.807, 2.05) is 18.7 Å². The number of benzene rings is 2. The van der Waals surface area contributed by atoms with Crippen LogP contribution in [0.15, 0.2) is 48.5 Å². The first-order chi connectivity index (χ1) is 16.5. The molecule has 0 saturated heterocycles. The zero-order chi connectivity index (χ0) is 25.8. The van der Waals surface area contributed by atoms with Crippen LogP contribution in [-0.4, -0.2) is 44.9 Å². The number of hydrogen-bond acceptors (Lipinski definition) is 6. The molecule has 11 heteroatoms. The summed E-state index contributed by atoms with van der Waals surface area (Å²) in [5.41, 5.74) is 4.60. The van der Waals surface area contributed by atoms with E-state index in [-0.39, 0.29) is 23.8 Å². The number of nitrogens with two attached hydrogens (primary N) is 1. The van der Waals surface area contributed by atoms with Gasteiger partial charge < -0.3 is 15.6 Å². The summed E-state index contributed by atoms with van der Waals surface area (Å²) in [6.45, 7) is 5.42. The van der Waals surface area contributed by atoms with Crippen molar-refractivity contribution in [2.45, 2.75) is 26.6 Å². The number of halogens is 3. The maximum absolute atomic E-state index is 13.3. The summed E-state index contributed by atoms with van der Waals surface area (Å²) in [6.07, 6.45) is -4.48. The molecule has 184 valence electrons. The molecule has 0 radical (unpaired) electrons. The largest absolute Gasteiger partial charge is 0.477 e. The average Bonchev–Trinajstić information content (AvgIpc) is 2.82. The Morgan fingerprint density at radius 2 is 1.63 bits per heavy atom. The molecule has 0 aliphatic carbocycles. The summed E-state index contributed by atoms with van der Waals surface area (Å²) in [4.78, 5) is 32.7. The lowest BCUT2D eigenvalue weighted by Crippen LogP contribution is -2.22. The highest BCUT2D eigenvalue weighted by Crippen LogP contribution is 2.35. The summed E-state index contributed by atoms with van der Waals surface area (Å²) in [6, 6.07) is 10.5. The van der Waals surface area contributed by atoms with Crippen LogP contribution in [-0.2, 0) is 12.7 Å². The molecule has 35 heavy (non-hydrogen) atoms. The van der Waals surface area contributed by atoms with E-state index in [4.69, 9.17) is 10.5 Å². The van der Waals surface area contributed by atoms with Gasteiger partial charge >= 0.3 is 12.1 Å². The Labute approximate surface area is 199 Å². The Balaban J connectivity index is 1.92. The van der Waals surface area contributed by atoms with Crippen LogP contribution in [0.3, 0.4) is 0 Å². The highest BCUT2D eigenvalue weighted by Gasteiger charge is 2.31. The van der Waals surface area contributed by atoms with E-state index in [1.165, 1.54) is 30.3 Å². The van der Waals surface area contributed by atoms with Crippen molar-refractivity contribution in [3.8, 4) is 22.9 Å². The molecular weight excluding hydrogens is 465 g/mol. The number of amides is 1. The van der Waals surface area contributed by atoms with Gasteiger partial charge in [0.25, 0.3) is 5.91 Å². The number of primary amides is 1. The van der Waals surface area contributed by atoms with E-state index in [0.717, 1.165) is 18.2 Å². The van der Waals surface area contributed by atoms with Crippen LogP contribution in [0.1, 0.15) is 46.0 Å². The van der Waals surface area contributed by atoms with Crippen molar-refractivity contribution in [2.24, 2.45) is 5.73 Å². The number of nitrogens with zero attached hydrogens (tertiary/aromatic N) is 3. The number of carbonyl (C=O) groups excluding carboxylic acids is 1. The first-order valence-corrected chi connectivity index (χ1v) is 10.6. The standard InChI is InChI=1S/C24H23F3N4O4/c1-3-31(4-2)13-15-11-16(24(25,26)27)7-10-20(15)35-17-8-5-14(6-9-17)22-29-18(21(28)32)12-19(30-22)23(33)34/h5-12H,3-4,13H2,1-2H3,(H2,28,32)(H,33,34). The third-order valence-corrected chi connectivity index (χ3v) is 5.21. The van der Waals surface area contributed by atoms with Crippen molar-refractivity contribution in [1.82, 2.24) is 14.9 Å². The summed E-state index contributed by atoms with van der Waals surface area (Å²) >= 11 is 0. The Morgan fingerprint density at radius 1 is 1.00 bits per heavy atom. The Hall–Kier alpha value is -3.99. The average molecular weight is 488 g/mol. The molecule has 0 fully saturated rings. The summed E-state index contributed by atoms with van der Waals surface area (Å²) < 4.78 is 45.7. The third kappa shape index (κ3) is 6.33. The SMILES string of the molecule is CCN(CC)Cc1cc(C(F)(F)F)ccc1Oc1ccc(-c2nc(C(N)=O)cc(C(=O)O)n2)cc1. The van der Waals surface area contributed by atoms with E-state index in [9.17, 15) is 27.9 Å². The minimum absolute atomic E-state index is 0.0259. The molecule has 3 aromatic rings. The molecule has 0 atom stereocenters. The van der Waals surface area contributed by atoms with Crippen LogP contribution in [0.2, 0.25) is 0 Å². The van der Waals surface area contributed by atoms with Crippen LogP contribution in [0.4, 0.5) is 13.2 Å². The number of hydrogen-bond donors (Lipinski definition) is 2. The second-order valence-electron chi connectivity index (χ2n) is 7.54. The minimum Gasteiger partial charge on any atom is -0.477 e. The van der Waals surface area contributed by atoms with E-state index in [2.05, 4.69) is 9.97 Å². The number of carboxylic acid groups (broad SMARTS) is 1. The van der Waals surface area contributed by atoms with Crippen LogP contribution >= 0.6 is 0 Å². The van der Waals surface area contributed by atoms with Gasteiger partial charge in [0.05, 0.1) is 5.56 Å². The molecule has 0 spiro atoms. The van der Waals surface area contributed by atoms with Gasteiger partial charge in [0, 0.05) is 23.7 Å². The van der Waals surface area contributed by atoms with Crippen LogP contribution in [0.5, 0.6) is 11.5 Å². The normalized spacial score (nSPS) is 11.5. The Bertz CT molecular complexity index is 1190. The fraction of sp³-hybridized carbons (Fsp3) is 0.250. The van der Waals surface area contributed by atoms with Gasteiger partial charge in [-0.15, -0.1) is 0 Å². The van der Waals surface area contributed by atoms with E-state index in [0.29, 0.717) is 30.0 Å². The smallest absolute Gasteiger partial charge is 0.416 e. The molecule has 0 bridgehead atoms. The number of carbonyl (C=O) groups is 2. The lowest BCUT2D eigenvalue weighted by Gasteiger charge is -2.21. The van der Waals surface area contributed by atoms with Gasteiger partial charge in [-0.1, -0.05) is 13.8 Å². The fourth-order valence-corrected chi connectivity index (χ4v) is 3.28. The molecule has 1 amide bonds. The number of rotatable bonds is 9. The van der Waals surface area contributed by atoms with Crippen molar-refractivity contribution in [3.63, 3.8) is 0 Å². The zero-order valence-corrected chi connectivity index (χ0v) is 19.0. The number of aromatic nitrogens is 2. The van der Waals surface area contributed by atoms with Crippen molar-refractivity contribution in [1.29, 1.82) is 0 Å². The number of alkyl halides is 3. The monoisotopic (exact) mass is 488 g/mol. The molecule has 1 heterocycles. The topological polar surface area (TPSA) is 119 Å². The highest BCUT2D eigenvalue weighted by atomic mass is 19.4. The summed E-state index contributed by atoms with van der Waals surface area (Å²) in [5, 5.41) is 9.23. The van der Waals surface area contributed by atoms with Crippen molar-refractivity contribution in [3.05, 3.63) is 71.0 Å². The first kappa shape index (κ1) is 25.6. The van der Waals surface area contributed by atoms with Gasteiger partial charge in [-0.2, -0.15) is 13.2 Å². The van der Waals surface area contributed by atoms with E-state index >= 15 is 0 Å². The molecule has 0 unspecified atom stereocenters. The predicted octanol–water partition coefficient (Wildman–Crippen LogP) is 4.59. The minimum atomic E-state index is -4.48. The fourth-order valence-electron chi connectivity index (χ4n) is 3.28. The first-order valence-electron chi connectivity index (χ1n) is 10.6. The van der Waals surface area contributed by atoms with Gasteiger partial charge in [0.1, 0.15) is 17.2 Å².